The van der Waals surface area contributed by atoms with Gasteiger partial charge in [0.25, 0.3) is 11.1 Å². The van der Waals surface area contributed by atoms with Crippen LogP contribution in [0, 0.1) is 6.92 Å². The third-order valence-electron chi connectivity index (χ3n) is 3.11. The van der Waals surface area contributed by atoms with Crippen molar-refractivity contribution < 1.29 is 14.3 Å². The van der Waals surface area contributed by atoms with E-state index in [1.54, 1.807) is 32.3 Å². The van der Waals surface area contributed by atoms with E-state index in [1.807, 2.05) is 37.3 Å². The fraction of sp³-hybridized carbons (Fsp3) is 0.222. The van der Waals surface area contributed by atoms with Gasteiger partial charge in [0, 0.05) is 19.0 Å². The summed E-state index contributed by atoms with van der Waals surface area (Å²) in [4.78, 5) is 26.1. The summed E-state index contributed by atoms with van der Waals surface area (Å²) >= 11 is 1.07. The van der Waals surface area contributed by atoms with Crippen molar-refractivity contribution >= 4 is 28.6 Å². The average Bonchev–Trinajstić information content (AvgIpc) is 2.56. The number of anilines is 1. The first-order valence-corrected chi connectivity index (χ1v) is 8.25. The van der Waals surface area contributed by atoms with Crippen LogP contribution in [0.4, 0.5) is 10.5 Å². The Morgan fingerprint density at radius 2 is 1.75 bits per heavy atom. The lowest BCUT2D eigenvalue weighted by molar-refractivity contribution is -0.118. The van der Waals surface area contributed by atoms with E-state index in [-0.39, 0.29) is 17.8 Å². The lowest BCUT2D eigenvalue weighted by atomic mass is 10.2. The predicted octanol–water partition coefficient (Wildman–Crippen LogP) is 3.79. The van der Waals surface area contributed by atoms with Gasteiger partial charge in [0.05, 0.1) is 5.69 Å². The number of rotatable bonds is 5. The molecule has 0 saturated heterocycles. The van der Waals surface area contributed by atoms with Crippen LogP contribution >= 0.6 is 11.8 Å². The topological polar surface area (TPSA) is 58.6 Å². The Morgan fingerprint density at radius 3 is 2.42 bits per heavy atom. The zero-order valence-electron chi connectivity index (χ0n) is 13.9. The minimum atomic E-state index is -0.277. The molecule has 0 aliphatic heterocycles. The summed E-state index contributed by atoms with van der Waals surface area (Å²) in [5.41, 5.74) is 1.72. The molecule has 2 rings (SSSR count). The molecule has 0 unspecified atom stereocenters. The normalized spacial score (nSPS) is 10.1. The molecule has 126 valence electrons. The summed E-state index contributed by atoms with van der Waals surface area (Å²) in [5.74, 6) is 0.363. The number of ether oxygens (including phenoxy) is 1. The Balaban J connectivity index is 1.96. The molecule has 0 aliphatic rings. The van der Waals surface area contributed by atoms with Crippen molar-refractivity contribution in [3.05, 3.63) is 54.1 Å². The number of benzene rings is 2. The van der Waals surface area contributed by atoms with E-state index in [9.17, 15) is 9.59 Å². The smallest absolute Gasteiger partial charge is 0.286 e. The maximum atomic E-state index is 12.1. The molecule has 0 aromatic heterocycles. The second kappa shape index (κ2) is 8.40. The van der Waals surface area contributed by atoms with Crippen LogP contribution < -0.4 is 10.1 Å². The number of aryl methyl sites for hydroxylation is 1. The first-order chi connectivity index (χ1) is 11.5. The number of carbonyl (C=O) groups is 2. The molecule has 0 spiro atoms. The van der Waals surface area contributed by atoms with Crippen molar-refractivity contribution in [2.24, 2.45) is 0 Å². The summed E-state index contributed by atoms with van der Waals surface area (Å²) in [7, 11) is 3.37. The van der Waals surface area contributed by atoms with Crippen molar-refractivity contribution in [3.8, 4) is 5.75 Å². The first kappa shape index (κ1) is 17.9. The highest BCUT2D eigenvalue weighted by atomic mass is 32.2. The number of nitrogens with zero attached hydrogens (tertiary/aromatic N) is 1. The van der Waals surface area contributed by atoms with Crippen molar-refractivity contribution in [2.45, 2.75) is 11.8 Å². The largest absolute Gasteiger partial charge is 0.484 e. The number of carbonyl (C=O) groups excluding carboxylic acids is 2. The Morgan fingerprint density at radius 1 is 1.08 bits per heavy atom. The molecular formula is C18H20N2O3S. The molecule has 0 aliphatic carbocycles. The van der Waals surface area contributed by atoms with Crippen LogP contribution in [0.1, 0.15) is 5.56 Å². The van der Waals surface area contributed by atoms with Gasteiger partial charge in [-0.25, -0.2) is 0 Å². The fourth-order valence-corrected chi connectivity index (χ4v) is 2.56. The molecule has 0 saturated carbocycles. The molecule has 0 atom stereocenters. The molecular weight excluding hydrogens is 324 g/mol. The summed E-state index contributed by atoms with van der Waals surface area (Å²) < 4.78 is 5.46. The van der Waals surface area contributed by atoms with E-state index in [4.69, 9.17) is 4.74 Å². The van der Waals surface area contributed by atoms with Gasteiger partial charge in [-0.15, -0.1) is 0 Å². The van der Waals surface area contributed by atoms with Gasteiger partial charge in [-0.05, 0) is 43.0 Å². The van der Waals surface area contributed by atoms with Gasteiger partial charge < -0.3 is 15.0 Å². The minimum absolute atomic E-state index is 0.0936. The molecule has 5 nitrogen and oxygen atoms in total. The molecule has 1 N–H and O–H groups in total. The van der Waals surface area contributed by atoms with Gasteiger partial charge in [0.15, 0.2) is 6.61 Å². The van der Waals surface area contributed by atoms with E-state index in [2.05, 4.69) is 5.32 Å². The standard InChI is InChI=1S/C18H20N2O3S/c1-13-8-10-14(11-9-13)23-12-17(21)19-15-6-4-5-7-16(15)24-18(22)20(2)3/h4-11H,12H2,1-3H3,(H,19,21). The van der Waals surface area contributed by atoms with Crippen molar-refractivity contribution in [1.82, 2.24) is 4.90 Å². The Labute approximate surface area is 146 Å². The zero-order valence-corrected chi connectivity index (χ0v) is 14.7. The van der Waals surface area contributed by atoms with Crippen LogP contribution in [0.3, 0.4) is 0 Å². The number of nitrogens with one attached hydrogen (secondary N) is 1. The van der Waals surface area contributed by atoms with Crippen molar-refractivity contribution in [2.75, 3.05) is 26.0 Å². The van der Waals surface area contributed by atoms with Gasteiger partial charge in [0.1, 0.15) is 5.75 Å². The van der Waals surface area contributed by atoms with Gasteiger partial charge >= 0.3 is 0 Å². The van der Waals surface area contributed by atoms with E-state index in [0.717, 1.165) is 17.3 Å². The lowest BCUT2D eigenvalue weighted by Gasteiger charge is -2.13. The van der Waals surface area contributed by atoms with Gasteiger partial charge in [-0.2, -0.15) is 0 Å². The molecule has 0 bridgehead atoms. The summed E-state index contributed by atoms with van der Waals surface area (Å²) in [6.07, 6.45) is 0. The number of para-hydroxylation sites is 1. The molecule has 0 radical (unpaired) electrons. The highest BCUT2D eigenvalue weighted by Crippen LogP contribution is 2.28. The third kappa shape index (κ3) is 5.31. The van der Waals surface area contributed by atoms with Crippen LogP contribution in [-0.2, 0) is 4.79 Å². The number of hydrogen-bond acceptors (Lipinski definition) is 4. The lowest BCUT2D eigenvalue weighted by Crippen LogP contribution is -2.21. The molecule has 6 heteroatoms. The third-order valence-corrected chi connectivity index (χ3v) is 4.23. The minimum Gasteiger partial charge on any atom is -0.484 e. The van der Waals surface area contributed by atoms with E-state index < -0.39 is 0 Å². The van der Waals surface area contributed by atoms with Crippen LogP contribution in [0.5, 0.6) is 5.75 Å². The van der Waals surface area contributed by atoms with Crippen LogP contribution in [0.15, 0.2) is 53.4 Å². The maximum absolute atomic E-state index is 12.1. The second-order valence-corrected chi connectivity index (χ2v) is 6.40. The van der Waals surface area contributed by atoms with Gasteiger partial charge in [-0.3, -0.25) is 9.59 Å². The maximum Gasteiger partial charge on any atom is 0.286 e. The summed E-state index contributed by atoms with van der Waals surface area (Å²) in [5, 5.41) is 2.68. The zero-order chi connectivity index (χ0) is 17.5. The summed E-state index contributed by atoms with van der Waals surface area (Å²) in [6, 6.07) is 14.7. The Bertz CT molecular complexity index is 714. The fourth-order valence-electron chi connectivity index (χ4n) is 1.81. The summed E-state index contributed by atoms with van der Waals surface area (Å²) in [6.45, 7) is 1.89. The molecule has 2 aromatic carbocycles. The molecule has 2 aromatic rings. The van der Waals surface area contributed by atoms with Crippen molar-refractivity contribution in [3.63, 3.8) is 0 Å². The molecule has 0 heterocycles. The van der Waals surface area contributed by atoms with Crippen LogP contribution in [-0.4, -0.2) is 36.7 Å². The second-order valence-electron chi connectivity index (χ2n) is 5.41. The van der Waals surface area contributed by atoms with E-state index in [0.29, 0.717) is 16.3 Å². The molecule has 0 fully saturated rings. The van der Waals surface area contributed by atoms with E-state index in [1.165, 1.54) is 4.90 Å². The van der Waals surface area contributed by atoms with Gasteiger partial charge in [-0.1, -0.05) is 29.8 Å². The number of hydrogen-bond donors (Lipinski definition) is 1. The quantitative estimate of drug-likeness (QED) is 0.839. The average molecular weight is 344 g/mol. The molecule has 2 amide bonds. The predicted molar refractivity (Wildman–Crippen MR) is 96.7 cm³/mol. The van der Waals surface area contributed by atoms with Crippen molar-refractivity contribution in [1.29, 1.82) is 0 Å². The molecule has 24 heavy (non-hydrogen) atoms. The number of thioether (sulfide) groups is 1. The SMILES string of the molecule is Cc1ccc(OCC(=O)Nc2ccccc2SC(=O)N(C)C)cc1. The van der Waals surface area contributed by atoms with Gasteiger partial charge in [0.2, 0.25) is 0 Å². The monoisotopic (exact) mass is 344 g/mol. The van der Waals surface area contributed by atoms with E-state index >= 15 is 0 Å². The Kier molecular flexibility index (Phi) is 6.26. The highest BCUT2D eigenvalue weighted by Gasteiger charge is 2.12. The van der Waals surface area contributed by atoms with Crippen LogP contribution in [0.25, 0.3) is 0 Å². The highest BCUT2D eigenvalue weighted by molar-refractivity contribution is 8.13. The van der Waals surface area contributed by atoms with Crippen LogP contribution in [0.2, 0.25) is 0 Å². The first-order valence-electron chi connectivity index (χ1n) is 7.43. The number of amides is 2. The Hall–Kier alpha value is -2.47.